The fraction of sp³-hybridized carbons (Fsp3) is 0.154. The molecule has 0 fully saturated rings. The molecule has 5 heteroatoms. The van der Waals surface area contributed by atoms with Crippen LogP contribution in [-0.2, 0) is 10.0 Å². The zero-order valence-corrected chi connectivity index (χ0v) is 11.2. The highest BCUT2D eigenvalue weighted by Crippen LogP contribution is 2.13. The quantitative estimate of drug-likeness (QED) is 0.927. The van der Waals surface area contributed by atoms with Crippen molar-refractivity contribution in [2.24, 2.45) is 0 Å². The molecule has 0 aliphatic heterocycles. The van der Waals surface area contributed by atoms with Gasteiger partial charge in [0, 0.05) is 6.20 Å². The second-order valence-corrected chi connectivity index (χ2v) is 4.84. The lowest BCUT2D eigenvalue weighted by atomic mass is 10.4. The van der Waals surface area contributed by atoms with Crippen LogP contribution >= 0.6 is 0 Å². The number of rotatable bonds is 3. The Bertz CT molecular complexity index is 554. The smallest absolute Gasteiger partial charge is 0.261 e. The number of sulfonamides is 1. The van der Waals surface area contributed by atoms with Gasteiger partial charge < -0.3 is 0 Å². The molecule has 0 bridgehead atoms. The Morgan fingerprint density at radius 2 is 1.67 bits per heavy atom. The first kappa shape index (κ1) is 14.2. The van der Waals surface area contributed by atoms with Crippen LogP contribution in [0.4, 0.5) is 5.69 Å². The molecule has 1 aromatic heterocycles. The van der Waals surface area contributed by atoms with Gasteiger partial charge in [-0.15, -0.1) is 0 Å². The van der Waals surface area contributed by atoms with E-state index < -0.39 is 10.0 Å². The van der Waals surface area contributed by atoms with Crippen LogP contribution in [0.5, 0.6) is 0 Å². The van der Waals surface area contributed by atoms with E-state index in [1.807, 2.05) is 13.8 Å². The zero-order chi connectivity index (χ0) is 13.4. The van der Waals surface area contributed by atoms with Crippen LogP contribution in [0, 0.1) is 0 Å². The van der Waals surface area contributed by atoms with Crippen molar-refractivity contribution in [3.05, 3.63) is 54.9 Å². The number of pyridine rings is 1. The summed E-state index contributed by atoms with van der Waals surface area (Å²) in [6.07, 6.45) is 3.04. The number of benzene rings is 1. The molecule has 96 valence electrons. The SMILES string of the molecule is CC.O=S(=O)(Nc1cccnc1)c1ccccc1. The molecule has 0 saturated heterocycles. The van der Waals surface area contributed by atoms with E-state index in [1.54, 1.807) is 48.7 Å². The Hall–Kier alpha value is -1.88. The Morgan fingerprint density at radius 3 is 2.22 bits per heavy atom. The van der Waals surface area contributed by atoms with E-state index in [0.717, 1.165) is 0 Å². The van der Waals surface area contributed by atoms with E-state index in [1.165, 1.54) is 6.20 Å². The van der Waals surface area contributed by atoms with Crippen molar-refractivity contribution >= 4 is 15.7 Å². The Morgan fingerprint density at radius 1 is 1.00 bits per heavy atom. The predicted molar refractivity (Wildman–Crippen MR) is 72.8 cm³/mol. The molecule has 1 heterocycles. The summed E-state index contributed by atoms with van der Waals surface area (Å²) in [6, 6.07) is 11.5. The van der Waals surface area contributed by atoms with Gasteiger partial charge in [0.2, 0.25) is 0 Å². The zero-order valence-electron chi connectivity index (χ0n) is 10.4. The van der Waals surface area contributed by atoms with E-state index in [0.29, 0.717) is 5.69 Å². The third kappa shape index (κ3) is 3.85. The minimum atomic E-state index is -3.50. The van der Waals surface area contributed by atoms with Gasteiger partial charge in [0.15, 0.2) is 0 Å². The molecular formula is C13H16N2O2S. The van der Waals surface area contributed by atoms with Gasteiger partial charge in [0.05, 0.1) is 16.8 Å². The van der Waals surface area contributed by atoms with Crippen molar-refractivity contribution in [1.29, 1.82) is 0 Å². The lowest BCUT2D eigenvalue weighted by Crippen LogP contribution is -2.12. The first-order valence-corrected chi connectivity index (χ1v) is 7.15. The standard InChI is InChI=1S/C11H10N2O2S.C2H6/c14-16(15,11-6-2-1-3-7-11)13-10-5-4-8-12-9-10;1-2/h1-9,13H;1-2H3. The lowest BCUT2D eigenvalue weighted by molar-refractivity contribution is 0.601. The third-order valence-electron chi connectivity index (χ3n) is 1.97. The number of aromatic nitrogens is 1. The Kier molecular flexibility index (Phi) is 5.32. The average Bonchev–Trinajstić information content (AvgIpc) is 2.43. The third-order valence-corrected chi connectivity index (χ3v) is 3.36. The van der Waals surface area contributed by atoms with Crippen LogP contribution in [0.25, 0.3) is 0 Å². The van der Waals surface area contributed by atoms with Crippen LogP contribution < -0.4 is 4.72 Å². The van der Waals surface area contributed by atoms with Gasteiger partial charge in [-0.25, -0.2) is 8.42 Å². The first-order valence-electron chi connectivity index (χ1n) is 5.66. The maximum atomic E-state index is 11.9. The molecule has 18 heavy (non-hydrogen) atoms. The highest BCUT2D eigenvalue weighted by atomic mass is 32.2. The van der Waals surface area contributed by atoms with E-state index in [2.05, 4.69) is 9.71 Å². The van der Waals surface area contributed by atoms with Gasteiger partial charge in [0.25, 0.3) is 10.0 Å². The van der Waals surface area contributed by atoms with E-state index >= 15 is 0 Å². The summed E-state index contributed by atoms with van der Waals surface area (Å²) in [4.78, 5) is 4.07. The van der Waals surface area contributed by atoms with Gasteiger partial charge in [-0.3, -0.25) is 9.71 Å². The molecule has 2 aromatic rings. The first-order chi connectivity index (χ1) is 8.68. The van der Waals surface area contributed by atoms with Crippen molar-refractivity contribution in [2.75, 3.05) is 4.72 Å². The Balaban J connectivity index is 0.000000771. The fourth-order valence-electron chi connectivity index (χ4n) is 1.24. The normalized spacial score (nSPS) is 10.1. The molecule has 0 saturated carbocycles. The summed E-state index contributed by atoms with van der Waals surface area (Å²) >= 11 is 0. The van der Waals surface area contributed by atoms with Crippen LogP contribution in [0.2, 0.25) is 0 Å². The molecule has 4 nitrogen and oxygen atoms in total. The molecule has 0 radical (unpaired) electrons. The van der Waals surface area contributed by atoms with Gasteiger partial charge >= 0.3 is 0 Å². The summed E-state index contributed by atoms with van der Waals surface area (Å²) < 4.78 is 26.2. The maximum absolute atomic E-state index is 11.9. The molecule has 1 aromatic carbocycles. The highest BCUT2D eigenvalue weighted by molar-refractivity contribution is 7.92. The molecule has 0 atom stereocenters. The summed E-state index contributed by atoms with van der Waals surface area (Å²) in [5.41, 5.74) is 0.450. The van der Waals surface area contributed by atoms with Crippen molar-refractivity contribution < 1.29 is 8.42 Å². The second-order valence-electron chi connectivity index (χ2n) is 3.16. The molecule has 1 N–H and O–H groups in total. The van der Waals surface area contributed by atoms with Crippen molar-refractivity contribution in [3.8, 4) is 0 Å². The van der Waals surface area contributed by atoms with Crippen LogP contribution in [0.15, 0.2) is 59.8 Å². The van der Waals surface area contributed by atoms with Crippen LogP contribution in [0.1, 0.15) is 13.8 Å². The molecule has 0 aliphatic rings. The molecule has 0 spiro atoms. The second kappa shape index (κ2) is 6.76. The number of hydrogen-bond donors (Lipinski definition) is 1. The van der Waals surface area contributed by atoms with Crippen LogP contribution in [-0.4, -0.2) is 13.4 Å². The Labute approximate surface area is 108 Å². The minimum Gasteiger partial charge on any atom is -0.278 e. The molecular weight excluding hydrogens is 248 g/mol. The van der Waals surface area contributed by atoms with Crippen molar-refractivity contribution in [2.45, 2.75) is 18.7 Å². The fourth-order valence-corrected chi connectivity index (χ4v) is 2.30. The number of nitrogens with one attached hydrogen (secondary N) is 1. The average molecular weight is 264 g/mol. The predicted octanol–water partition coefficient (Wildman–Crippen LogP) is 2.91. The summed E-state index contributed by atoms with van der Waals surface area (Å²) in [5, 5.41) is 0. The van der Waals surface area contributed by atoms with Gasteiger partial charge in [-0.05, 0) is 24.3 Å². The highest BCUT2D eigenvalue weighted by Gasteiger charge is 2.12. The topological polar surface area (TPSA) is 59.1 Å². The largest absolute Gasteiger partial charge is 0.278 e. The van der Waals surface area contributed by atoms with Crippen LogP contribution in [0.3, 0.4) is 0 Å². The summed E-state index contributed by atoms with van der Waals surface area (Å²) in [7, 11) is -3.50. The van der Waals surface area contributed by atoms with Gasteiger partial charge in [-0.2, -0.15) is 0 Å². The molecule has 0 aliphatic carbocycles. The summed E-state index contributed by atoms with van der Waals surface area (Å²) in [5.74, 6) is 0. The number of hydrogen-bond acceptors (Lipinski definition) is 3. The molecule has 0 amide bonds. The molecule has 0 unspecified atom stereocenters. The number of nitrogens with zero attached hydrogens (tertiary/aromatic N) is 1. The van der Waals surface area contributed by atoms with Gasteiger partial charge in [-0.1, -0.05) is 32.0 Å². The van der Waals surface area contributed by atoms with Crippen molar-refractivity contribution in [1.82, 2.24) is 4.98 Å². The maximum Gasteiger partial charge on any atom is 0.261 e. The summed E-state index contributed by atoms with van der Waals surface area (Å²) in [6.45, 7) is 4.00. The van der Waals surface area contributed by atoms with E-state index in [-0.39, 0.29) is 4.90 Å². The van der Waals surface area contributed by atoms with E-state index in [9.17, 15) is 8.42 Å². The number of anilines is 1. The lowest BCUT2D eigenvalue weighted by Gasteiger charge is -2.06. The van der Waals surface area contributed by atoms with Gasteiger partial charge in [0.1, 0.15) is 0 Å². The van der Waals surface area contributed by atoms with Crippen molar-refractivity contribution in [3.63, 3.8) is 0 Å². The molecule has 2 rings (SSSR count). The monoisotopic (exact) mass is 264 g/mol. The van der Waals surface area contributed by atoms with E-state index in [4.69, 9.17) is 0 Å². The minimum absolute atomic E-state index is 0.235.